The van der Waals surface area contributed by atoms with Crippen molar-refractivity contribution in [3.8, 4) is 5.75 Å². The van der Waals surface area contributed by atoms with Crippen LogP contribution in [0.5, 0.6) is 5.75 Å². The molecular weight excluding hydrogens is 298 g/mol. The molecule has 5 heteroatoms. The lowest BCUT2D eigenvalue weighted by Crippen LogP contribution is -2.44. The van der Waals surface area contributed by atoms with E-state index in [9.17, 15) is 8.42 Å². The Bertz CT molecular complexity index is 598. The van der Waals surface area contributed by atoms with Gasteiger partial charge in [0.2, 0.25) is 10.0 Å². The summed E-state index contributed by atoms with van der Waals surface area (Å²) in [6, 6.07) is 6.09. The fourth-order valence-electron chi connectivity index (χ4n) is 2.88. The van der Waals surface area contributed by atoms with Gasteiger partial charge in [-0.05, 0) is 56.9 Å². The summed E-state index contributed by atoms with van der Waals surface area (Å²) in [5, 5.41) is 0. The van der Waals surface area contributed by atoms with Crippen LogP contribution in [0.25, 0.3) is 0 Å². The summed E-state index contributed by atoms with van der Waals surface area (Å²) in [5.74, 6) is 1.25. The van der Waals surface area contributed by atoms with E-state index in [0.29, 0.717) is 6.61 Å². The SMILES string of the molecule is CCS(=O)(=O)N[C@H]1CCCC[C@@H]1COc1ccc(C)c(C)c1. The van der Waals surface area contributed by atoms with Crippen LogP contribution in [0.15, 0.2) is 18.2 Å². The fourth-order valence-corrected chi connectivity index (χ4v) is 3.82. The second-order valence-corrected chi connectivity index (χ2v) is 8.27. The molecule has 1 aromatic carbocycles. The van der Waals surface area contributed by atoms with Crippen LogP contribution in [-0.2, 0) is 10.0 Å². The van der Waals surface area contributed by atoms with E-state index in [2.05, 4.69) is 24.6 Å². The molecule has 1 fully saturated rings. The number of ether oxygens (including phenoxy) is 1. The molecule has 1 aliphatic rings. The Morgan fingerprint density at radius 2 is 1.91 bits per heavy atom. The molecule has 1 saturated carbocycles. The maximum Gasteiger partial charge on any atom is 0.211 e. The van der Waals surface area contributed by atoms with Crippen molar-refractivity contribution in [1.82, 2.24) is 4.72 Å². The maximum atomic E-state index is 11.8. The number of aryl methyl sites for hydroxylation is 2. The standard InChI is InChI=1S/C17H27NO3S/c1-4-22(19,20)18-17-8-6-5-7-15(17)12-21-16-10-9-13(2)14(3)11-16/h9-11,15,17-18H,4-8,12H2,1-3H3/t15-,17+/m1/s1. The number of nitrogens with one attached hydrogen (secondary N) is 1. The van der Waals surface area contributed by atoms with Crippen LogP contribution in [0, 0.1) is 19.8 Å². The van der Waals surface area contributed by atoms with Crippen LogP contribution in [-0.4, -0.2) is 26.8 Å². The zero-order chi connectivity index (χ0) is 16.2. The average molecular weight is 325 g/mol. The molecule has 4 nitrogen and oxygen atoms in total. The summed E-state index contributed by atoms with van der Waals surface area (Å²) in [7, 11) is -3.15. The van der Waals surface area contributed by atoms with Gasteiger partial charge in [-0.15, -0.1) is 0 Å². The van der Waals surface area contributed by atoms with Crippen LogP contribution in [0.2, 0.25) is 0 Å². The van der Waals surface area contributed by atoms with E-state index in [-0.39, 0.29) is 17.7 Å². The molecule has 0 amide bonds. The smallest absolute Gasteiger partial charge is 0.211 e. The molecule has 1 N–H and O–H groups in total. The molecule has 22 heavy (non-hydrogen) atoms. The molecule has 0 saturated heterocycles. The lowest BCUT2D eigenvalue weighted by Gasteiger charge is -2.31. The molecule has 0 heterocycles. The topological polar surface area (TPSA) is 55.4 Å². The predicted octanol–water partition coefficient (Wildman–Crippen LogP) is 3.18. The lowest BCUT2D eigenvalue weighted by atomic mass is 9.86. The van der Waals surface area contributed by atoms with Gasteiger partial charge in [-0.1, -0.05) is 18.9 Å². The Morgan fingerprint density at radius 1 is 1.18 bits per heavy atom. The first-order valence-electron chi connectivity index (χ1n) is 8.11. The normalized spacial score (nSPS) is 22.5. The van der Waals surface area contributed by atoms with Gasteiger partial charge in [-0.2, -0.15) is 0 Å². The van der Waals surface area contributed by atoms with E-state index in [1.807, 2.05) is 12.1 Å². The lowest BCUT2D eigenvalue weighted by molar-refractivity contribution is 0.180. The van der Waals surface area contributed by atoms with Crippen LogP contribution in [0.4, 0.5) is 0 Å². The summed E-state index contributed by atoms with van der Waals surface area (Å²) in [6.45, 7) is 6.39. The Hall–Kier alpha value is -1.07. The Labute approximate surface area is 134 Å². The van der Waals surface area contributed by atoms with Crippen molar-refractivity contribution in [1.29, 1.82) is 0 Å². The van der Waals surface area contributed by atoms with Crippen LogP contribution < -0.4 is 9.46 Å². The van der Waals surface area contributed by atoms with Gasteiger partial charge >= 0.3 is 0 Å². The maximum absolute atomic E-state index is 11.8. The zero-order valence-corrected chi connectivity index (χ0v) is 14.6. The highest BCUT2D eigenvalue weighted by molar-refractivity contribution is 7.89. The monoisotopic (exact) mass is 325 g/mol. The molecule has 1 aromatic rings. The fraction of sp³-hybridized carbons (Fsp3) is 0.647. The van der Waals surface area contributed by atoms with Crippen LogP contribution >= 0.6 is 0 Å². The first-order valence-corrected chi connectivity index (χ1v) is 9.76. The number of hydrogen-bond donors (Lipinski definition) is 1. The summed E-state index contributed by atoms with van der Waals surface area (Å²) in [5.41, 5.74) is 2.46. The summed E-state index contributed by atoms with van der Waals surface area (Å²) >= 11 is 0. The van der Waals surface area contributed by atoms with E-state index < -0.39 is 10.0 Å². The molecule has 2 atom stereocenters. The van der Waals surface area contributed by atoms with Crippen molar-refractivity contribution < 1.29 is 13.2 Å². The van der Waals surface area contributed by atoms with E-state index in [1.54, 1.807) is 6.92 Å². The third kappa shape index (κ3) is 4.71. The summed E-state index contributed by atoms with van der Waals surface area (Å²) < 4.78 is 32.4. The molecule has 0 unspecified atom stereocenters. The molecule has 0 radical (unpaired) electrons. The number of hydrogen-bond acceptors (Lipinski definition) is 3. The Balaban J connectivity index is 1.97. The van der Waals surface area contributed by atoms with Gasteiger partial charge in [0.15, 0.2) is 0 Å². The molecular formula is C17H27NO3S. The largest absolute Gasteiger partial charge is 0.493 e. The van der Waals surface area contributed by atoms with Crippen molar-refractivity contribution in [3.05, 3.63) is 29.3 Å². The number of benzene rings is 1. The van der Waals surface area contributed by atoms with E-state index >= 15 is 0 Å². The second-order valence-electron chi connectivity index (χ2n) is 6.23. The zero-order valence-electron chi connectivity index (χ0n) is 13.8. The Kier molecular flexibility index (Phi) is 5.87. The summed E-state index contributed by atoms with van der Waals surface area (Å²) in [6.07, 6.45) is 4.14. The average Bonchev–Trinajstić information content (AvgIpc) is 2.49. The second kappa shape index (κ2) is 7.47. The molecule has 0 bridgehead atoms. The first kappa shape index (κ1) is 17.3. The van der Waals surface area contributed by atoms with Gasteiger partial charge in [0, 0.05) is 12.0 Å². The predicted molar refractivity (Wildman–Crippen MR) is 89.8 cm³/mol. The quantitative estimate of drug-likeness (QED) is 0.874. The molecule has 124 valence electrons. The van der Waals surface area contributed by atoms with Crippen molar-refractivity contribution in [2.24, 2.45) is 5.92 Å². The first-order chi connectivity index (χ1) is 10.4. The third-order valence-corrected chi connectivity index (χ3v) is 5.98. The van der Waals surface area contributed by atoms with Gasteiger partial charge in [-0.25, -0.2) is 13.1 Å². The van der Waals surface area contributed by atoms with Gasteiger partial charge in [0.05, 0.1) is 12.4 Å². The highest BCUT2D eigenvalue weighted by Gasteiger charge is 2.28. The molecule has 0 spiro atoms. The molecule has 2 rings (SSSR count). The van der Waals surface area contributed by atoms with Gasteiger partial charge < -0.3 is 4.74 Å². The minimum absolute atomic E-state index is 0.00486. The van der Waals surface area contributed by atoms with E-state index in [0.717, 1.165) is 31.4 Å². The van der Waals surface area contributed by atoms with Crippen molar-refractivity contribution in [2.75, 3.05) is 12.4 Å². The Morgan fingerprint density at radius 3 is 2.59 bits per heavy atom. The van der Waals surface area contributed by atoms with E-state index in [1.165, 1.54) is 11.1 Å². The highest BCUT2D eigenvalue weighted by atomic mass is 32.2. The van der Waals surface area contributed by atoms with Crippen molar-refractivity contribution in [2.45, 2.75) is 52.5 Å². The number of sulfonamides is 1. The van der Waals surface area contributed by atoms with Gasteiger partial charge in [0.1, 0.15) is 5.75 Å². The minimum atomic E-state index is -3.15. The van der Waals surface area contributed by atoms with Gasteiger partial charge in [0.25, 0.3) is 0 Å². The summed E-state index contributed by atoms with van der Waals surface area (Å²) in [4.78, 5) is 0. The van der Waals surface area contributed by atoms with Crippen molar-refractivity contribution >= 4 is 10.0 Å². The van der Waals surface area contributed by atoms with E-state index in [4.69, 9.17) is 4.74 Å². The van der Waals surface area contributed by atoms with Crippen molar-refractivity contribution in [3.63, 3.8) is 0 Å². The molecule has 1 aliphatic carbocycles. The minimum Gasteiger partial charge on any atom is -0.493 e. The third-order valence-electron chi connectivity index (χ3n) is 4.56. The van der Waals surface area contributed by atoms with Crippen LogP contribution in [0.1, 0.15) is 43.7 Å². The highest BCUT2D eigenvalue weighted by Crippen LogP contribution is 2.26. The molecule has 0 aromatic heterocycles. The van der Waals surface area contributed by atoms with Gasteiger partial charge in [-0.3, -0.25) is 0 Å². The van der Waals surface area contributed by atoms with Crippen LogP contribution in [0.3, 0.4) is 0 Å². The number of rotatable bonds is 6. The molecule has 0 aliphatic heterocycles.